The van der Waals surface area contributed by atoms with E-state index in [-0.39, 0.29) is 16.6 Å². The number of aromatic amines is 1. The Balaban J connectivity index is 1.58. The molecule has 0 bridgehead atoms. The number of aromatic nitrogens is 4. The van der Waals surface area contributed by atoms with Gasteiger partial charge >= 0.3 is 0 Å². The molecule has 0 spiro atoms. The highest BCUT2D eigenvalue weighted by molar-refractivity contribution is 7.92. The van der Waals surface area contributed by atoms with Gasteiger partial charge in [-0.15, -0.1) is 0 Å². The first-order valence-electron chi connectivity index (χ1n) is 12.2. The quantitative estimate of drug-likeness (QED) is 0.254. The number of anilines is 2. The molecule has 39 heavy (non-hydrogen) atoms. The molecule has 0 saturated heterocycles. The van der Waals surface area contributed by atoms with Gasteiger partial charge in [-0.1, -0.05) is 20.8 Å². The van der Waals surface area contributed by atoms with Crippen LogP contribution in [0.4, 0.5) is 11.4 Å². The summed E-state index contributed by atoms with van der Waals surface area (Å²) in [6.07, 6.45) is 5.06. The van der Waals surface area contributed by atoms with E-state index in [1.165, 1.54) is 31.2 Å². The molecular weight excluding hydrogens is 516 g/mol. The number of carbonyl (C=O) groups is 2. The number of nitrogens with one attached hydrogen (secondary N) is 3. The van der Waals surface area contributed by atoms with Gasteiger partial charge in [0.15, 0.2) is 11.4 Å². The number of hydrogen-bond donors (Lipinski definition) is 3. The molecule has 0 saturated carbocycles. The fraction of sp³-hybridized carbons (Fsp3) is 0.214. The minimum Gasteiger partial charge on any atom is -0.350 e. The molecule has 200 valence electrons. The third-order valence-electron chi connectivity index (χ3n) is 6.33. The van der Waals surface area contributed by atoms with Crippen molar-refractivity contribution in [1.29, 1.82) is 0 Å². The molecule has 0 aliphatic heterocycles. The van der Waals surface area contributed by atoms with Gasteiger partial charge in [0.05, 0.1) is 33.6 Å². The highest BCUT2D eigenvalue weighted by Crippen LogP contribution is 2.33. The van der Waals surface area contributed by atoms with E-state index in [2.05, 4.69) is 20.0 Å². The lowest BCUT2D eigenvalue weighted by Crippen LogP contribution is -2.20. The number of ketones is 1. The Labute approximate surface area is 225 Å². The van der Waals surface area contributed by atoms with Crippen LogP contribution in [0.25, 0.3) is 33.3 Å². The maximum atomic E-state index is 13.3. The predicted molar refractivity (Wildman–Crippen MR) is 151 cm³/mol. The second kappa shape index (κ2) is 9.35. The van der Waals surface area contributed by atoms with Crippen molar-refractivity contribution < 1.29 is 18.0 Å². The van der Waals surface area contributed by atoms with Gasteiger partial charge < -0.3 is 14.9 Å². The topological polar surface area (TPSA) is 139 Å². The smallest absolute Gasteiger partial charge is 0.261 e. The van der Waals surface area contributed by atoms with Crippen molar-refractivity contribution in [2.75, 3.05) is 10.0 Å². The molecule has 3 N–H and O–H groups in total. The standard InChI is InChI=1S/C28H28N6O4S/c1-16(35)31-18-6-8-19(9-7-18)39(37,38)33-22-12-17(13-24-20(22)10-11-34(24)5)23-15-30-27-25(32-23)21(14-29-27)26(36)28(2,3)4/h6-15,33H,1-5H3,(H,29,30)(H,31,35). The van der Waals surface area contributed by atoms with Gasteiger partial charge in [-0.05, 0) is 42.5 Å². The van der Waals surface area contributed by atoms with Crippen LogP contribution in [0.2, 0.25) is 0 Å². The molecule has 0 atom stereocenters. The number of fused-ring (bicyclic) bond motifs is 2. The normalized spacial score (nSPS) is 12.1. The number of H-pyrrole nitrogens is 1. The number of Topliss-reactive ketones (excluding diaryl/α,β-unsaturated/α-hetero) is 1. The van der Waals surface area contributed by atoms with Crippen LogP contribution >= 0.6 is 0 Å². The summed E-state index contributed by atoms with van der Waals surface area (Å²) < 4.78 is 31.2. The van der Waals surface area contributed by atoms with Crippen molar-refractivity contribution >= 4 is 55.2 Å². The van der Waals surface area contributed by atoms with E-state index in [9.17, 15) is 18.0 Å². The Morgan fingerprint density at radius 2 is 1.77 bits per heavy atom. The summed E-state index contributed by atoms with van der Waals surface area (Å²) in [5.74, 6) is -0.307. The van der Waals surface area contributed by atoms with Crippen molar-refractivity contribution in [1.82, 2.24) is 19.5 Å². The molecule has 0 aliphatic rings. The lowest BCUT2D eigenvalue weighted by Gasteiger charge is -2.15. The van der Waals surface area contributed by atoms with Crippen LogP contribution in [0.15, 0.2) is 66.0 Å². The molecule has 0 radical (unpaired) electrons. The summed E-state index contributed by atoms with van der Waals surface area (Å²) in [5, 5.41) is 3.33. The number of hydrogen-bond acceptors (Lipinski definition) is 6. The number of amides is 1. The molecule has 5 rings (SSSR count). The van der Waals surface area contributed by atoms with Crippen molar-refractivity contribution in [2.45, 2.75) is 32.6 Å². The molecule has 0 aliphatic carbocycles. The molecule has 2 aromatic carbocycles. The van der Waals surface area contributed by atoms with E-state index in [0.29, 0.717) is 44.7 Å². The van der Waals surface area contributed by atoms with Crippen molar-refractivity contribution in [3.63, 3.8) is 0 Å². The Morgan fingerprint density at radius 1 is 1.05 bits per heavy atom. The summed E-state index contributed by atoms with van der Waals surface area (Å²) >= 11 is 0. The molecular formula is C28H28N6O4S. The van der Waals surface area contributed by atoms with Gasteiger partial charge in [-0.3, -0.25) is 14.3 Å². The maximum Gasteiger partial charge on any atom is 0.261 e. The summed E-state index contributed by atoms with van der Waals surface area (Å²) in [4.78, 5) is 36.6. The molecule has 0 fully saturated rings. The predicted octanol–water partition coefficient (Wildman–Crippen LogP) is 5.10. The van der Waals surface area contributed by atoms with Crippen molar-refractivity contribution in [3.05, 3.63) is 66.6 Å². The monoisotopic (exact) mass is 544 g/mol. The fourth-order valence-electron chi connectivity index (χ4n) is 4.34. The highest BCUT2D eigenvalue weighted by atomic mass is 32.2. The molecule has 10 nitrogen and oxygen atoms in total. The summed E-state index contributed by atoms with van der Waals surface area (Å²) in [7, 11) is -2.09. The van der Waals surface area contributed by atoms with Crippen LogP contribution in [-0.4, -0.2) is 39.6 Å². The molecule has 0 unspecified atom stereocenters. The van der Waals surface area contributed by atoms with Crippen molar-refractivity contribution in [2.24, 2.45) is 12.5 Å². The zero-order valence-electron chi connectivity index (χ0n) is 22.2. The van der Waals surface area contributed by atoms with Gasteiger partial charge in [-0.25, -0.2) is 18.4 Å². The van der Waals surface area contributed by atoms with Gasteiger partial charge in [0, 0.05) is 48.4 Å². The maximum absolute atomic E-state index is 13.3. The van der Waals surface area contributed by atoms with Gasteiger partial charge in [0.2, 0.25) is 5.91 Å². The van der Waals surface area contributed by atoms with Gasteiger partial charge in [-0.2, -0.15) is 0 Å². The summed E-state index contributed by atoms with van der Waals surface area (Å²) in [6, 6.07) is 11.4. The van der Waals surface area contributed by atoms with E-state index < -0.39 is 15.4 Å². The second-order valence-electron chi connectivity index (χ2n) is 10.4. The summed E-state index contributed by atoms with van der Waals surface area (Å²) in [5.41, 5.74) is 3.59. The van der Waals surface area contributed by atoms with Crippen LogP contribution in [0.3, 0.4) is 0 Å². The number of sulfonamides is 1. The van der Waals surface area contributed by atoms with Crippen LogP contribution in [-0.2, 0) is 21.9 Å². The van der Waals surface area contributed by atoms with Crippen LogP contribution < -0.4 is 10.0 Å². The van der Waals surface area contributed by atoms with Gasteiger partial charge in [0.25, 0.3) is 10.0 Å². The molecule has 3 heterocycles. The number of nitrogens with zero attached hydrogens (tertiary/aromatic N) is 3. The Bertz CT molecular complexity index is 1860. The van der Waals surface area contributed by atoms with E-state index >= 15 is 0 Å². The first kappa shape index (κ1) is 26.1. The fourth-order valence-corrected chi connectivity index (χ4v) is 5.41. The Kier molecular flexibility index (Phi) is 6.26. The zero-order chi connectivity index (χ0) is 28.1. The number of rotatable bonds is 6. The van der Waals surface area contributed by atoms with E-state index in [1.807, 2.05) is 50.7 Å². The number of carbonyl (C=O) groups excluding carboxylic acids is 2. The first-order chi connectivity index (χ1) is 18.3. The number of benzene rings is 2. The van der Waals surface area contributed by atoms with E-state index in [4.69, 9.17) is 4.98 Å². The molecule has 5 aromatic rings. The van der Waals surface area contributed by atoms with E-state index in [1.54, 1.807) is 18.5 Å². The third-order valence-corrected chi connectivity index (χ3v) is 7.72. The SMILES string of the molecule is CC(=O)Nc1ccc(S(=O)(=O)Nc2cc(-c3cnc4[nH]cc(C(=O)C(C)(C)C)c4n3)cc3c2ccn3C)cc1. The lowest BCUT2D eigenvalue weighted by molar-refractivity contribution is -0.114. The average molecular weight is 545 g/mol. The number of aryl methyl sites for hydroxylation is 1. The Hall–Kier alpha value is -4.51. The average Bonchev–Trinajstić information content (AvgIpc) is 3.46. The minimum absolute atomic E-state index is 0.0463. The lowest BCUT2D eigenvalue weighted by atomic mass is 9.87. The molecule has 11 heteroatoms. The van der Waals surface area contributed by atoms with Crippen LogP contribution in [0, 0.1) is 5.41 Å². The third kappa shape index (κ3) is 5.00. The largest absolute Gasteiger partial charge is 0.350 e. The van der Waals surface area contributed by atoms with Crippen LogP contribution in [0.5, 0.6) is 0 Å². The zero-order valence-corrected chi connectivity index (χ0v) is 23.0. The summed E-state index contributed by atoms with van der Waals surface area (Å²) in [6.45, 7) is 6.92. The van der Waals surface area contributed by atoms with Crippen LogP contribution in [0.1, 0.15) is 38.1 Å². The van der Waals surface area contributed by atoms with Crippen molar-refractivity contribution in [3.8, 4) is 11.3 Å². The Morgan fingerprint density at radius 3 is 2.44 bits per heavy atom. The first-order valence-corrected chi connectivity index (χ1v) is 13.7. The minimum atomic E-state index is -3.96. The molecule has 1 amide bonds. The second-order valence-corrected chi connectivity index (χ2v) is 12.1. The van der Waals surface area contributed by atoms with Gasteiger partial charge in [0.1, 0.15) is 5.52 Å². The highest BCUT2D eigenvalue weighted by Gasteiger charge is 2.27. The van der Waals surface area contributed by atoms with E-state index in [0.717, 1.165) is 5.52 Å². The molecule has 3 aromatic heterocycles.